The van der Waals surface area contributed by atoms with E-state index in [1.165, 1.54) is 0 Å². The zero-order valence-electron chi connectivity index (χ0n) is 7.85. The van der Waals surface area contributed by atoms with E-state index in [0.29, 0.717) is 17.3 Å². The Morgan fingerprint density at radius 2 is 2.17 bits per heavy atom. The largest absolute Gasteiger partial charge is 0.402 e. The first kappa shape index (κ1) is 7.84. The fourth-order valence-electron chi connectivity index (χ4n) is 2.69. The first-order chi connectivity index (χ1) is 5.46. The number of carbonyl (C=O) groups is 1. The quantitative estimate of drug-likeness (QED) is 0.639. The maximum Gasteiger partial charge on any atom is 0.157 e. The third kappa shape index (κ3) is 0.728. The summed E-state index contributed by atoms with van der Waals surface area (Å²) in [7, 11) is 0. The molecule has 0 spiro atoms. The SMILES string of the molecule is CC(=O)C1=C(N)C[C@H]2[C@@H]1C2(C)C. The number of ketones is 1. The molecule has 2 nitrogen and oxygen atoms in total. The molecule has 0 bridgehead atoms. The fourth-order valence-corrected chi connectivity index (χ4v) is 2.69. The van der Waals surface area contributed by atoms with Crippen LogP contribution in [-0.2, 0) is 4.79 Å². The summed E-state index contributed by atoms with van der Waals surface area (Å²) in [5.74, 6) is 1.29. The third-order valence-corrected chi connectivity index (χ3v) is 3.53. The van der Waals surface area contributed by atoms with E-state index >= 15 is 0 Å². The summed E-state index contributed by atoms with van der Waals surface area (Å²) in [6, 6.07) is 0. The number of nitrogens with two attached hydrogens (primary N) is 1. The Hall–Kier alpha value is -0.790. The van der Waals surface area contributed by atoms with Crippen molar-refractivity contribution in [2.24, 2.45) is 23.0 Å². The van der Waals surface area contributed by atoms with Gasteiger partial charge < -0.3 is 5.73 Å². The van der Waals surface area contributed by atoms with Gasteiger partial charge in [0.2, 0.25) is 0 Å². The second kappa shape index (κ2) is 1.93. The van der Waals surface area contributed by atoms with Crippen LogP contribution in [0.4, 0.5) is 0 Å². The van der Waals surface area contributed by atoms with Crippen LogP contribution in [0.2, 0.25) is 0 Å². The number of hydrogen-bond donors (Lipinski definition) is 1. The van der Waals surface area contributed by atoms with E-state index in [0.717, 1.165) is 17.7 Å². The van der Waals surface area contributed by atoms with E-state index in [1.54, 1.807) is 6.92 Å². The van der Waals surface area contributed by atoms with Crippen molar-refractivity contribution in [3.05, 3.63) is 11.3 Å². The van der Waals surface area contributed by atoms with Crippen molar-refractivity contribution in [2.75, 3.05) is 0 Å². The number of carbonyl (C=O) groups excluding carboxylic acids is 1. The van der Waals surface area contributed by atoms with Crippen LogP contribution in [0.3, 0.4) is 0 Å². The third-order valence-electron chi connectivity index (χ3n) is 3.53. The fraction of sp³-hybridized carbons (Fsp3) is 0.700. The second-order valence-electron chi connectivity index (χ2n) is 4.60. The summed E-state index contributed by atoms with van der Waals surface area (Å²) in [4.78, 5) is 11.2. The Kier molecular flexibility index (Phi) is 1.26. The minimum absolute atomic E-state index is 0.172. The predicted molar refractivity (Wildman–Crippen MR) is 47.3 cm³/mol. The van der Waals surface area contributed by atoms with Gasteiger partial charge in [0.05, 0.1) is 0 Å². The molecule has 0 heterocycles. The summed E-state index contributed by atoms with van der Waals surface area (Å²) in [5.41, 5.74) is 7.88. The summed E-state index contributed by atoms with van der Waals surface area (Å²) < 4.78 is 0. The smallest absolute Gasteiger partial charge is 0.157 e. The van der Waals surface area contributed by atoms with Gasteiger partial charge in [-0.1, -0.05) is 13.8 Å². The van der Waals surface area contributed by atoms with Gasteiger partial charge in [-0.3, -0.25) is 4.79 Å². The van der Waals surface area contributed by atoms with Crippen molar-refractivity contribution >= 4 is 5.78 Å². The lowest BCUT2D eigenvalue weighted by Crippen LogP contribution is -2.11. The minimum Gasteiger partial charge on any atom is -0.402 e. The highest BCUT2D eigenvalue weighted by atomic mass is 16.1. The van der Waals surface area contributed by atoms with E-state index in [-0.39, 0.29) is 5.78 Å². The van der Waals surface area contributed by atoms with Gasteiger partial charge in [0, 0.05) is 11.3 Å². The van der Waals surface area contributed by atoms with Crippen LogP contribution in [0.25, 0.3) is 0 Å². The molecule has 0 aromatic carbocycles. The van der Waals surface area contributed by atoms with Crippen LogP contribution >= 0.6 is 0 Å². The molecular weight excluding hydrogens is 150 g/mol. The van der Waals surface area contributed by atoms with Crippen molar-refractivity contribution in [1.82, 2.24) is 0 Å². The summed E-state index contributed by atoms with van der Waals surface area (Å²) in [6.45, 7) is 6.06. The molecule has 2 heteroatoms. The normalized spacial score (nSPS) is 36.6. The zero-order valence-corrected chi connectivity index (χ0v) is 7.85. The van der Waals surface area contributed by atoms with Gasteiger partial charge in [0.1, 0.15) is 0 Å². The summed E-state index contributed by atoms with van der Waals surface area (Å²) in [6.07, 6.45) is 0.937. The topological polar surface area (TPSA) is 43.1 Å². The van der Waals surface area contributed by atoms with Gasteiger partial charge in [-0.2, -0.15) is 0 Å². The first-order valence-electron chi connectivity index (χ1n) is 4.45. The highest BCUT2D eigenvalue weighted by molar-refractivity contribution is 5.96. The maximum atomic E-state index is 11.2. The Morgan fingerprint density at radius 3 is 2.50 bits per heavy atom. The average Bonchev–Trinajstić information content (AvgIpc) is 2.40. The van der Waals surface area contributed by atoms with E-state index in [9.17, 15) is 4.79 Å². The molecule has 12 heavy (non-hydrogen) atoms. The van der Waals surface area contributed by atoms with Crippen LogP contribution in [0.15, 0.2) is 11.3 Å². The van der Waals surface area contributed by atoms with E-state index in [1.807, 2.05) is 0 Å². The zero-order chi connectivity index (χ0) is 9.09. The molecule has 2 aliphatic carbocycles. The molecule has 0 amide bonds. The van der Waals surface area contributed by atoms with Gasteiger partial charge in [0.15, 0.2) is 5.78 Å². The van der Waals surface area contributed by atoms with Crippen LogP contribution in [0.1, 0.15) is 27.2 Å². The van der Waals surface area contributed by atoms with Crippen molar-refractivity contribution in [1.29, 1.82) is 0 Å². The van der Waals surface area contributed by atoms with Crippen molar-refractivity contribution < 1.29 is 4.79 Å². The molecule has 0 unspecified atom stereocenters. The van der Waals surface area contributed by atoms with Crippen LogP contribution < -0.4 is 5.73 Å². The summed E-state index contributed by atoms with van der Waals surface area (Å²) in [5, 5.41) is 0. The highest BCUT2D eigenvalue weighted by Gasteiger charge is 2.63. The van der Waals surface area contributed by atoms with E-state index in [4.69, 9.17) is 5.73 Å². The average molecular weight is 165 g/mol. The van der Waals surface area contributed by atoms with Crippen LogP contribution in [-0.4, -0.2) is 5.78 Å². The number of Topliss-reactive ketones (excluding diaryl/α,β-unsaturated/α-hetero) is 1. The predicted octanol–water partition coefficient (Wildman–Crippen LogP) is 1.46. The number of hydrogen-bond acceptors (Lipinski definition) is 2. The van der Waals surface area contributed by atoms with Crippen molar-refractivity contribution in [3.8, 4) is 0 Å². The molecule has 2 rings (SSSR count). The Morgan fingerprint density at radius 1 is 1.58 bits per heavy atom. The van der Waals surface area contributed by atoms with Gasteiger partial charge in [-0.25, -0.2) is 0 Å². The van der Waals surface area contributed by atoms with E-state index < -0.39 is 0 Å². The van der Waals surface area contributed by atoms with Gasteiger partial charge in [-0.05, 0) is 30.6 Å². The second-order valence-corrected chi connectivity index (χ2v) is 4.60. The van der Waals surface area contributed by atoms with Gasteiger partial charge >= 0.3 is 0 Å². The number of allylic oxidation sites excluding steroid dienone is 2. The molecular formula is C10H15NO. The minimum atomic E-state index is 0.172. The molecule has 0 radical (unpaired) electrons. The molecule has 1 fully saturated rings. The molecule has 2 aliphatic rings. The lowest BCUT2D eigenvalue weighted by Gasteiger charge is -2.10. The highest BCUT2D eigenvalue weighted by Crippen LogP contribution is 2.67. The molecule has 1 saturated carbocycles. The van der Waals surface area contributed by atoms with Gasteiger partial charge in [0.25, 0.3) is 0 Å². The van der Waals surface area contributed by atoms with Crippen molar-refractivity contribution in [3.63, 3.8) is 0 Å². The van der Waals surface area contributed by atoms with Gasteiger partial charge in [-0.15, -0.1) is 0 Å². The molecule has 2 N–H and O–H groups in total. The molecule has 66 valence electrons. The Labute approximate surface area is 72.8 Å². The number of fused-ring (bicyclic) bond motifs is 1. The molecule has 0 aliphatic heterocycles. The Bertz CT molecular complexity index is 288. The first-order valence-corrected chi connectivity index (χ1v) is 4.45. The molecule has 0 aromatic heterocycles. The standard InChI is InChI=1S/C10H15NO/c1-5(12)8-7(11)4-6-9(8)10(6,2)3/h6,9H,4,11H2,1-3H3/t6-,9-/m0/s1. The lowest BCUT2D eigenvalue weighted by atomic mass is 9.96. The Balaban J connectivity index is 2.33. The monoisotopic (exact) mass is 165 g/mol. The lowest BCUT2D eigenvalue weighted by molar-refractivity contribution is -0.114. The van der Waals surface area contributed by atoms with Crippen LogP contribution in [0.5, 0.6) is 0 Å². The molecule has 0 aromatic rings. The van der Waals surface area contributed by atoms with Crippen LogP contribution in [0, 0.1) is 17.3 Å². The maximum absolute atomic E-state index is 11.2. The molecule has 2 atom stereocenters. The van der Waals surface area contributed by atoms with Crippen molar-refractivity contribution in [2.45, 2.75) is 27.2 Å². The van der Waals surface area contributed by atoms with E-state index in [2.05, 4.69) is 13.8 Å². The number of rotatable bonds is 1. The summed E-state index contributed by atoms with van der Waals surface area (Å²) >= 11 is 0. The molecule has 0 saturated heterocycles.